The maximum absolute atomic E-state index is 13.3. The number of carbonyl (C=O) groups is 1. The summed E-state index contributed by atoms with van der Waals surface area (Å²) < 4.78 is 13.3. The number of rotatable bonds is 2. The average molecular weight is 221 g/mol. The Morgan fingerprint density at radius 3 is 2.88 bits per heavy atom. The number of anilines is 1. The minimum Gasteiger partial charge on any atom is -0.508 e. The molecule has 0 unspecified atom stereocenters. The monoisotopic (exact) mass is 221 g/mol. The molecule has 0 aliphatic carbocycles. The molecule has 1 amide bonds. The average Bonchev–Trinajstić information content (AvgIpc) is 2.70. The number of carbonyl (C=O) groups excluding carboxylic acids is 1. The van der Waals surface area contributed by atoms with Crippen molar-refractivity contribution in [3.63, 3.8) is 0 Å². The summed E-state index contributed by atoms with van der Waals surface area (Å²) in [4.78, 5) is 11.6. The fourth-order valence-corrected chi connectivity index (χ4v) is 1.20. The van der Waals surface area contributed by atoms with Crippen LogP contribution in [0.4, 0.5) is 10.2 Å². The van der Waals surface area contributed by atoms with Gasteiger partial charge in [-0.1, -0.05) is 0 Å². The second kappa shape index (κ2) is 4.01. The first kappa shape index (κ1) is 10.2. The third-order valence-corrected chi connectivity index (χ3v) is 1.95. The van der Waals surface area contributed by atoms with Crippen molar-refractivity contribution in [3.8, 4) is 5.75 Å². The van der Waals surface area contributed by atoms with Crippen LogP contribution in [-0.2, 0) is 0 Å². The normalized spacial score (nSPS) is 10.1. The van der Waals surface area contributed by atoms with E-state index in [1.54, 1.807) is 0 Å². The summed E-state index contributed by atoms with van der Waals surface area (Å²) in [7, 11) is 0. The summed E-state index contributed by atoms with van der Waals surface area (Å²) in [5.74, 6) is -1.24. The van der Waals surface area contributed by atoms with E-state index < -0.39 is 11.7 Å². The minimum absolute atomic E-state index is 0.146. The Hall–Kier alpha value is -2.37. The lowest BCUT2D eigenvalue weighted by Gasteiger charge is -2.03. The third-order valence-electron chi connectivity index (χ3n) is 1.95. The number of aromatic hydroxyl groups is 1. The summed E-state index contributed by atoms with van der Waals surface area (Å²) >= 11 is 0. The van der Waals surface area contributed by atoms with Gasteiger partial charge in [0.1, 0.15) is 17.4 Å². The predicted molar refractivity (Wildman–Crippen MR) is 54.6 cm³/mol. The smallest absolute Gasteiger partial charge is 0.259 e. The van der Waals surface area contributed by atoms with Crippen molar-refractivity contribution >= 4 is 11.7 Å². The van der Waals surface area contributed by atoms with Gasteiger partial charge in [-0.25, -0.2) is 4.39 Å². The second-order valence-electron chi connectivity index (χ2n) is 3.09. The first-order chi connectivity index (χ1) is 7.66. The fourth-order valence-electron chi connectivity index (χ4n) is 1.20. The van der Waals surface area contributed by atoms with Crippen molar-refractivity contribution in [1.82, 2.24) is 10.2 Å². The lowest BCUT2D eigenvalue weighted by Crippen LogP contribution is -2.13. The standard InChI is InChI=1S/C10H8FN3O2/c11-8-5-6(15)1-2-7(8)10(16)13-9-3-4-12-14-9/h1-5,15H,(H2,12,13,14,16). The molecule has 0 atom stereocenters. The highest BCUT2D eigenvalue weighted by molar-refractivity contribution is 6.03. The molecule has 0 spiro atoms. The van der Waals surface area contributed by atoms with E-state index in [0.29, 0.717) is 5.82 Å². The van der Waals surface area contributed by atoms with E-state index >= 15 is 0 Å². The largest absolute Gasteiger partial charge is 0.508 e. The zero-order chi connectivity index (χ0) is 11.5. The highest BCUT2D eigenvalue weighted by atomic mass is 19.1. The number of nitrogens with zero attached hydrogens (tertiary/aromatic N) is 1. The van der Waals surface area contributed by atoms with Crippen LogP contribution in [0.2, 0.25) is 0 Å². The van der Waals surface area contributed by atoms with E-state index in [1.165, 1.54) is 24.4 Å². The molecular weight excluding hydrogens is 213 g/mol. The molecule has 0 aliphatic rings. The molecule has 0 radical (unpaired) electrons. The van der Waals surface area contributed by atoms with Crippen molar-refractivity contribution in [2.24, 2.45) is 0 Å². The van der Waals surface area contributed by atoms with Gasteiger partial charge in [-0.15, -0.1) is 0 Å². The lowest BCUT2D eigenvalue weighted by atomic mass is 10.2. The van der Waals surface area contributed by atoms with Crippen molar-refractivity contribution < 1.29 is 14.3 Å². The third kappa shape index (κ3) is 2.00. The van der Waals surface area contributed by atoms with Crippen LogP contribution < -0.4 is 5.32 Å². The van der Waals surface area contributed by atoms with E-state index in [2.05, 4.69) is 15.5 Å². The fraction of sp³-hybridized carbons (Fsp3) is 0. The first-order valence-corrected chi connectivity index (χ1v) is 4.46. The number of aromatic nitrogens is 2. The SMILES string of the molecule is O=C(Nc1ccn[nH]1)c1ccc(O)cc1F. The molecule has 2 aromatic rings. The van der Waals surface area contributed by atoms with Crippen LogP contribution in [0, 0.1) is 5.82 Å². The zero-order valence-electron chi connectivity index (χ0n) is 8.07. The van der Waals surface area contributed by atoms with Crippen LogP contribution in [0.15, 0.2) is 30.5 Å². The molecule has 0 saturated carbocycles. The molecule has 2 rings (SSSR count). The topological polar surface area (TPSA) is 78.0 Å². The van der Waals surface area contributed by atoms with Crippen LogP contribution in [-0.4, -0.2) is 21.2 Å². The number of phenolic OH excluding ortho intramolecular Hbond substituents is 1. The molecule has 3 N–H and O–H groups in total. The van der Waals surface area contributed by atoms with Crippen LogP contribution in [0.1, 0.15) is 10.4 Å². The van der Waals surface area contributed by atoms with E-state index in [4.69, 9.17) is 5.11 Å². The highest BCUT2D eigenvalue weighted by Gasteiger charge is 2.12. The highest BCUT2D eigenvalue weighted by Crippen LogP contribution is 2.16. The van der Waals surface area contributed by atoms with Crippen molar-refractivity contribution in [2.45, 2.75) is 0 Å². The van der Waals surface area contributed by atoms with Crippen LogP contribution >= 0.6 is 0 Å². The number of phenols is 1. The van der Waals surface area contributed by atoms with Gasteiger partial charge in [0.05, 0.1) is 11.8 Å². The maximum atomic E-state index is 13.3. The Bertz CT molecular complexity index is 511. The van der Waals surface area contributed by atoms with E-state index in [1.807, 2.05) is 0 Å². The van der Waals surface area contributed by atoms with Gasteiger partial charge in [-0.3, -0.25) is 9.89 Å². The van der Waals surface area contributed by atoms with Gasteiger partial charge in [0, 0.05) is 12.1 Å². The molecule has 0 bridgehead atoms. The molecule has 5 nitrogen and oxygen atoms in total. The van der Waals surface area contributed by atoms with Gasteiger partial charge in [0.25, 0.3) is 5.91 Å². The molecule has 0 aliphatic heterocycles. The van der Waals surface area contributed by atoms with Gasteiger partial charge >= 0.3 is 0 Å². The number of H-pyrrole nitrogens is 1. The van der Waals surface area contributed by atoms with E-state index in [9.17, 15) is 9.18 Å². The van der Waals surface area contributed by atoms with Gasteiger partial charge < -0.3 is 10.4 Å². The Balaban J connectivity index is 2.21. The predicted octanol–water partition coefficient (Wildman–Crippen LogP) is 1.51. The summed E-state index contributed by atoms with van der Waals surface area (Å²) in [5, 5.41) is 17.6. The number of hydrogen-bond donors (Lipinski definition) is 3. The van der Waals surface area contributed by atoms with Gasteiger partial charge in [-0.2, -0.15) is 5.10 Å². The molecule has 0 fully saturated rings. The lowest BCUT2D eigenvalue weighted by molar-refractivity contribution is 0.102. The van der Waals surface area contributed by atoms with Crippen molar-refractivity contribution in [1.29, 1.82) is 0 Å². The summed E-state index contributed by atoms with van der Waals surface area (Å²) in [6.07, 6.45) is 1.46. The summed E-state index contributed by atoms with van der Waals surface area (Å²) in [5.41, 5.74) is -0.146. The Morgan fingerprint density at radius 1 is 1.44 bits per heavy atom. The van der Waals surface area contributed by atoms with E-state index in [-0.39, 0.29) is 11.3 Å². The van der Waals surface area contributed by atoms with Crippen molar-refractivity contribution in [2.75, 3.05) is 5.32 Å². The van der Waals surface area contributed by atoms with Gasteiger partial charge in [0.2, 0.25) is 0 Å². The summed E-state index contributed by atoms with van der Waals surface area (Å²) in [6, 6.07) is 4.86. The molecule has 16 heavy (non-hydrogen) atoms. The number of amides is 1. The van der Waals surface area contributed by atoms with E-state index in [0.717, 1.165) is 6.07 Å². The Kier molecular flexibility index (Phi) is 2.55. The number of benzene rings is 1. The molecule has 0 saturated heterocycles. The van der Waals surface area contributed by atoms with Gasteiger partial charge in [-0.05, 0) is 12.1 Å². The van der Waals surface area contributed by atoms with Crippen LogP contribution in [0.3, 0.4) is 0 Å². The number of hydrogen-bond acceptors (Lipinski definition) is 3. The second-order valence-corrected chi connectivity index (χ2v) is 3.09. The molecule has 82 valence electrons. The minimum atomic E-state index is -0.781. The maximum Gasteiger partial charge on any atom is 0.259 e. The molecule has 6 heteroatoms. The molecule has 1 aromatic heterocycles. The number of aromatic amines is 1. The Labute approximate surface area is 89.9 Å². The molecule has 1 aromatic carbocycles. The zero-order valence-corrected chi connectivity index (χ0v) is 8.07. The summed E-state index contributed by atoms with van der Waals surface area (Å²) in [6.45, 7) is 0. The molecule has 1 heterocycles. The number of nitrogens with one attached hydrogen (secondary N) is 2. The van der Waals surface area contributed by atoms with Crippen molar-refractivity contribution in [3.05, 3.63) is 41.8 Å². The van der Waals surface area contributed by atoms with Crippen LogP contribution in [0.5, 0.6) is 5.75 Å². The first-order valence-electron chi connectivity index (χ1n) is 4.46. The quantitative estimate of drug-likeness (QED) is 0.719. The molecular formula is C10H8FN3O2. The van der Waals surface area contributed by atoms with Gasteiger partial charge in [0.15, 0.2) is 0 Å². The van der Waals surface area contributed by atoms with Crippen LogP contribution in [0.25, 0.3) is 0 Å². The number of halogens is 1. The Morgan fingerprint density at radius 2 is 2.25 bits per heavy atom.